The van der Waals surface area contributed by atoms with Crippen molar-refractivity contribution in [2.45, 2.75) is 83.9 Å². The van der Waals surface area contributed by atoms with E-state index < -0.39 is 0 Å². The normalized spacial score (nSPS) is 30.7. The van der Waals surface area contributed by atoms with Crippen molar-refractivity contribution in [2.24, 2.45) is 11.8 Å². The number of rotatable bonds is 6. The first-order valence-corrected chi connectivity index (χ1v) is 9.20. The van der Waals surface area contributed by atoms with E-state index >= 15 is 0 Å². The van der Waals surface area contributed by atoms with Gasteiger partial charge < -0.3 is 15.3 Å². The third-order valence-electron chi connectivity index (χ3n) is 5.34. The maximum atomic E-state index is 9.96. The first kappa shape index (κ1) is 17.2. The van der Waals surface area contributed by atoms with Crippen molar-refractivity contribution in [3.63, 3.8) is 0 Å². The maximum Gasteiger partial charge on any atom is 0.0667 e. The molecule has 124 valence electrons. The molecule has 2 aliphatic rings. The van der Waals surface area contributed by atoms with Gasteiger partial charge in [-0.25, -0.2) is 0 Å². The monoisotopic (exact) mass is 296 g/mol. The van der Waals surface area contributed by atoms with Crippen LogP contribution in [0.15, 0.2) is 0 Å². The van der Waals surface area contributed by atoms with Crippen LogP contribution in [-0.2, 0) is 0 Å². The lowest BCUT2D eigenvalue weighted by Gasteiger charge is -2.41. The Labute approximate surface area is 131 Å². The molecular weight excluding hydrogens is 260 g/mol. The van der Waals surface area contributed by atoms with Crippen molar-refractivity contribution in [3.8, 4) is 0 Å². The first-order valence-electron chi connectivity index (χ1n) is 9.20. The van der Waals surface area contributed by atoms with Crippen LogP contribution in [0.1, 0.15) is 65.7 Å². The minimum atomic E-state index is -0.178. The molecule has 0 radical (unpaired) electrons. The Morgan fingerprint density at radius 2 is 1.86 bits per heavy atom. The molecule has 3 atom stereocenters. The summed E-state index contributed by atoms with van der Waals surface area (Å²) in [5, 5.41) is 13.5. The van der Waals surface area contributed by atoms with Crippen LogP contribution >= 0.6 is 0 Å². The second-order valence-electron chi connectivity index (χ2n) is 7.93. The lowest BCUT2D eigenvalue weighted by Crippen LogP contribution is -2.48. The molecule has 21 heavy (non-hydrogen) atoms. The highest BCUT2D eigenvalue weighted by atomic mass is 16.3. The van der Waals surface area contributed by atoms with E-state index in [-0.39, 0.29) is 6.10 Å². The zero-order valence-electron chi connectivity index (χ0n) is 14.4. The highest BCUT2D eigenvalue weighted by molar-refractivity contribution is 4.85. The minimum absolute atomic E-state index is 0.178. The number of nitrogens with zero attached hydrogens (tertiary/aromatic N) is 1. The van der Waals surface area contributed by atoms with Gasteiger partial charge in [-0.2, -0.15) is 0 Å². The fourth-order valence-electron chi connectivity index (χ4n) is 4.13. The molecule has 2 N–H and O–H groups in total. The standard InChI is InChI=1S/C18H36N2O/c1-14(2)11-18(21)13-19-16-7-9-20(10-8-16)17-6-4-5-15(3)12-17/h14-19,21H,4-13H2,1-3H3. The Bertz CT molecular complexity index is 287. The molecule has 0 aromatic carbocycles. The van der Waals surface area contributed by atoms with Crippen molar-refractivity contribution in [2.75, 3.05) is 19.6 Å². The summed E-state index contributed by atoms with van der Waals surface area (Å²) in [4.78, 5) is 2.73. The summed E-state index contributed by atoms with van der Waals surface area (Å²) in [5.41, 5.74) is 0. The van der Waals surface area contributed by atoms with Crippen molar-refractivity contribution in [1.29, 1.82) is 0 Å². The van der Waals surface area contributed by atoms with Crippen LogP contribution in [0.3, 0.4) is 0 Å². The molecular formula is C18H36N2O. The number of nitrogens with one attached hydrogen (secondary N) is 1. The average Bonchev–Trinajstić information content (AvgIpc) is 2.45. The molecule has 3 unspecified atom stereocenters. The van der Waals surface area contributed by atoms with E-state index in [2.05, 4.69) is 31.0 Å². The molecule has 3 heteroatoms. The van der Waals surface area contributed by atoms with E-state index in [1.807, 2.05) is 0 Å². The van der Waals surface area contributed by atoms with E-state index in [0.717, 1.165) is 24.9 Å². The van der Waals surface area contributed by atoms with Crippen LogP contribution in [0.2, 0.25) is 0 Å². The van der Waals surface area contributed by atoms with Gasteiger partial charge in [0, 0.05) is 18.6 Å². The van der Waals surface area contributed by atoms with Crippen LogP contribution < -0.4 is 5.32 Å². The summed E-state index contributed by atoms with van der Waals surface area (Å²) in [6.07, 6.45) is 8.90. The van der Waals surface area contributed by atoms with Gasteiger partial charge in [0.1, 0.15) is 0 Å². The Morgan fingerprint density at radius 1 is 1.14 bits per heavy atom. The van der Waals surface area contributed by atoms with Gasteiger partial charge in [-0.1, -0.05) is 33.6 Å². The summed E-state index contributed by atoms with van der Waals surface area (Å²) in [6.45, 7) is 10.0. The van der Waals surface area contributed by atoms with Crippen molar-refractivity contribution in [3.05, 3.63) is 0 Å². The summed E-state index contributed by atoms with van der Waals surface area (Å²) in [6, 6.07) is 1.46. The summed E-state index contributed by atoms with van der Waals surface area (Å²) >= 11 is 0. The zero-order valence-corrected chi connectivity index (χ0v) is 14.4. The third-order valence-corrected chi connectivity index (χ3v) is 5.34. The number of aliphatic hydroxyl groups is 1. The maximum absolute atomic E-state index is 9.96. The molecule has 0 aromatic heterocycles. The van der Waals surface area contributed by atoms with Crippen LogP contribution in [0.5, 0.6) is 0 Å². The molecule has 3 nitrogen and oxygen atoms in total. The Hall–Kier alpha value is -0.120. The van der Waals surface area contributed by atoms with Gasteiger partial charge in [-0.05, 0) is 57.0 Å². The molecule has 0 spiro atoms. The highest BCUT2D eigenvalue weighted by Crippen LogP contribution is 2.29. The van der Waals surface area contributed by atoms with Gasteiger partial charge in [0.15, 0.2) is 0 Å². The number of hydrogen-bond donors (Lipinski definition) is 2. The SMILES string of the molecule is CC(C)CC(O)CNC1CCN(C2CCCC(C)C2)CC1. The third kappa shape index (κ3) is 5.88. The lowest BCUT2D eigenvalue weighted by atomic mass is 9.85. The largest absolute Gasteiger partial charge is 0.392 e. The van der Waals surface area contributed by atoms with Gasteiger partial charge in [0.05, 0.1) is 6.10 Å². The van der Waals surface area contributed by atoms with Crippen LogP contribution in [0.25, 0.3) is 0 Å². The second kappa shape index (κ2) is 8.50. The van der Waals surface area contributed by atoms with Crippen LogP contribution in [-0.4, -0.2) is 47.8 Å². The fourth-order valence-corrected chi connectivity index (χ4v) is 4.13. The number of likely N-dealkylation sites (tertiary alicyclic amines) is 1. The molecule has 1 heterocycles. The first-order chi connectivity index (χ1) is 10.0. The summed E-state index contributed by atoms with van der Waals surface area (Å²) < 4.78 is 0. The van der Waals surface area contributed by atoms with Crippen molar-refractivity contribution < 1.29 is 5.11 Å². The molecule has 0 amide bonds. The fraction of sp³-hybridized carbons (Fsp3) is 1.00. The molecule has 2 rings (SSSR count). The van der Waals surface area contributed by atoms with Gasteiger partial charge >= 0.3 is 0 Å². The second-order valence-corrected chi connectivity index (χ2v) is 7.93. The van der Waals surface area contributed by atoms with E-state index in [1.165, 1.54) is 51.6 Å². The Balaban J connectivity index is 1.64. The molecule has 2 fully saturated rings. The topological polar surface area (TPSA) is 35.5 Å². The molecule has 1 saturated heterocycles. The summed E-state index contributed by atoms with van der Waals surface area (Å²) in [5.74, 6) is 1.50. The van der Waals surface area contributed by atoms with Crippen LogP contribution in [0, 0.1) is 11.8 Å². The van der Waals surface area contributed by atoms with Gasteiger partial charge in [0.25, 0.3) is 0 Å². The molecule has 0 bridgehead atoms. The van der Waals surface area contributed by atoms with E-state index in [1.54, 1.807) is 0 Å². The van der Waals surface area contributed by atoms with E-state index in [9.17, 15) is 5.11 Å². The minimum Gasteiger partial charge on any atom is -0.392 e. The smallest absolute Gasteiger partial charge is 0.0667 e. The lowest BCUT2D eigenvalue weighted by molar-refractivity contribution is 0.0925. The molecule has 1 aliphatic carbocycles. The van der Waals surface area contributed by atoms with Gasteiger partial charge in [-0.15, -0.1) is 0 Å². The zero-order chi connectivity index (χ0) is 15.2. The van der Waals surface area contributed by atoms with Gasteiger partial charge in [0.2, 0.25) is 0 Å². The van der Waals surface area contributed by atoms with Crippen molar-refractivity contribution >= 4 is 0 Å². The molecule has 1 aliphatic heterocycles. The number of aliphatic hydroxyl groups excluding tert-OH is 1. The number of hydrogen-bond acceptors (Lipinski definition) is 3. The average molecular weight is 296 g/mol. The van der Waals surface area contributed by atoms with Gasteiger partial charge in [-0.3, -0.25) is 0 Å². The quantitative estimate of drug-likeness (QED) is 0.791. The Kier molecular flexibility index (Phi) is 6.97. The molecule has 0 aromatic rings. The molecule has 1 saturated carbocycles. The summed E-state index contributed by atoms with van der Waals surface area (Å²) in [7, 11) is 0. The predicted octanol–water partition coefficient (Wildman–Crippen LogP) is 3.03. The predicted molar refractivity (Wildman–Crippen MR) is 89.5 cm³/mol. The van der Waals surface area contributed by atoms with Crippen molar-refractivity contribution in [1.82, 2.24) is 10.2 Å². The Morgan fingerprint density at radius 3 is 2.48 bits per heavy atom. The van der Waals surface area contributed by atoms with Crippen LogP contribution in [0.4, 0.5) is 0 Å². The van der Waals surface area contributed by atoms with E-state index in [0.29, 0.717) is 12.0 Å². The van der Waals surface area contributed by atoms with E-state index in [4.69, 9.17) is 0 Å². The number of piperidine rings is 1. The highest BCUT2D eigenvalue weighted by Gasteiger charge is 2.28.